The molecule has 0 aromatic heterocycles. The Kier molecular flexibility index (Phi) is 4.85. The Hall–Kier alpha value is -1.19. The smallest absolute Gasteiger partial charge is 0.385 e. The first-order valence-corrected chi connectivity index (χ1v) is 5.87. The Morgan fingerprint density at radius 2 is 1.88 bits per heavy atom. The lowest BCUT2D eigenvalue weighted by molar-refractivity contribution is -0.138. The normalized spacial score (nSPS) is 11.6. The molecule has 1 N–H and O–H groups in total. The van der Waals surface area contributed by atoms with Gasteiger partial charge in [0.1, 0.15) is 0 Å². The summed E-state index contributed by atoms with van der Waals surface area (Å²) >= 11 is 0. The molecule has 0 bridgehead atoms. The van der Waals surface area contributed by atoms with E-state index in [0.29, 0.717) is 12.2 Å². The van der Waals surface area contributed by atoms with Gasteiger partial charge in [-0.3, -0.25) is 0 Å². The van der Waals surface area contributed by atoms with E-state index in [1.807, 2.05) is 0 Å². The summed E-state index contributed by atoms with van der Waals surface area (Å²) in [6.45, 7) is 4.28. The highest BCUT2D eigenvalue weighted by molar-refractivity contribution is 5.49. The molecule has 1 rings (SSSR count). The lowest BCUT2D eigenvalue weighted by Gasteiger charge is -2.13. The van der Waals surface area contributed by atoms with Crippen molar-refractivity contribution < 1.29 is 13.2 Å². The fraction of sp³-hybridized carbons (Fsp3) is 0.538. The minimum Gasteiger partial charge on any atom is -0.385 e. The Balaban J connectivity index is 2.69. The van der Waals surface area contributed by atoms with E-state index in [0.717, 1.165) is 19.3 Å². The predicted molar refractivity (Wildman–Crippen MR) is 64.2 cm³/mol. The van der Waals surface area contributed by atoms with Crippen LogP contribution in [0.3, 0.4) is 0 Å². The molecule has 0 aliphatic heterocycles. The molecule has 0 saturated carbocycles. The van der Waals surface area contributed by atoms with Crippen LogP contribution in [-0.4, -0.2) is 6.54 Å². The van der Waals surface area contributed by atoms with E-state index >= 15 is 0 Å². The molecule has 1 nitrogen and oxygen atoms in total. The van der Waals surface area contributed by atoms with Gasteiger partial charge < -0.3 is 5.32 Å². The van der Waals surface area contributed by atoms with Gasteiger partial charge in [0, 0.05) is 12.2 Å². The minimum atomic E-state index is -4.27. The lowest BCUT2D eigenvalue weighted by Crippen LogP contribution is -2.09. The van der Waals surface area contributed by atoms with Crippen LogP contribution < -0.4 is 5.32 Å². The van der Waals surface area contributed by atoms with Gasteiger partial charge >= 0.3 is 6.18 Å². The third kappa shape index (κ3) is 4.29. The second kappa shape index (κ2) is 5.94. The van der Waals surface area contributed by atoms with Gasteiger partial charge in [-0.15, -0.1) is 0 Å². The monoisotopic (exact) mass is 245 g/mol. The van der Waals surface area contributed by atoms with Gasteiger partial charge in [-0.25, -0.2) is 0 Å². The SMILES string of the molecule is CCCCCNc1ccc(C)c(C(F)(F)F)c1. The fourth-order valence-electron chi connectivity index (χ4n) is 1.65. The highest BCUT2D eigenvalue weighted by Gasteiger charge is 2.32. The van der Waals surface area contributed by atoms with Crippen LogP contribution >= 0.6 is 0 Å². The van der Waals surface area contributed by atoms with Crippen LogP contribution in [0.5, 0.6) is 0 Å². The number of alkyl halides is 3. The maximum Gasteiger partial charge on any atom is 0.416 e. The predicted octanol–water partition coefficient (Wildman–Crippen LogP) is 4.62. The Morgan fingerprint density at radius 3 is 2.47 bits per heavy atom. The molecule has 1 aromatic carbocycles. The summed E-state index contributed by atoms with van der Waals surface area (Å²) in [6.07, 6.45) is -1.11. The van der Waals surface area contributed by atoms with Gasteiger partial charge in [-0.05, 0) is 31.0 Å². The largest absolute Gasteiger partial charge is 0.416 e. The molecular weight excluding hydrogens is 227 g/mol. The van der Waals surface area contributed by atoms with Gasteiger partial charge in [0.15, 0.2) is 0 Å². The van der Waals surface area contributed by atoms with Gasteiger partial charge in [0.2, 0.25) is 0 Å². The fourth-order valence-corrected chi connectivity index (χ4v) is 1.65. The van der Waals surface area contributed by atoms with E-state index in [9.17, 15) is 13.2 Å². The molecule has 0 radical (unpaired) electrons. The topological polar surface area (TPSA) is 12.0 Å². The van der Waals surface area contributed by atoms with Crippen molar-refractivity contribution in [3.8, 4) is 0 Å². The number of nitrogens with one attached hydrogen (secondary N) is 1. The van der Waals surface area contributed by atoms with Crippen LogP contribution in [0.1, 0.15) is 37.3 Å². The number of rotatable bonds is 5. The average Bonchev–Trinajstić information content (AvgIpc) is 2.25. The number of hydrogen-bond donors (Lipinski definition) is 1. The maximum atomic E-state index is 12.6. The molecule has 1 aromatic rings. The van der Waals surface area contributed by atoms with Crippen molar-refractivity contribution in [1.82, 2.24) is 0 Å². The van der Waals surface area contributed by atoms with Gasteiger partial charge in [0.25, 0.3) is 0 Å². The second-order valence-electron chi connectivity index (χ2n) is 4.16. The van der Waals surface area contributed by atoms with Crippen LogP contribution in [0.15, 0.2) is 18.2 Å². The summed E-state index contributed by atoms with van der Waals surface area (Å²) in [6, 6.07) is 4.38. The summed E-state index contributed by atoms with van der Waals surface area (Å²) in [5, 5.41) is 3.02. The Labute approximate surface area is 100 Å². The van der Waals surface area contributed by atoms with Gasteiger partial charge in [0.05, 0.1) is 5.56 Å². The van der Waals surface area contributed by atoms with Gasteiger partial charge in [-0.2, -0.15) is 13.2 Å². The number of benzene rings is 1. The third-order valence-electron chi connectivity index (χ3n) is 2.65. The van der Waals surface area contributed by atoms with E-state index in [1.165, 1.54) is 19.1 Å². The molecule has 4 heteroatoms. The zero-order chi connectivity index (χ0) is 12.9. The maximum absolute atomic E-state index is 12.6. The molecule has 0 aliphatic rings. The zero-order valence-corrected chi connectivity index (χ0v) is 10.2. The molecule has 0 amide bonds. The van der Waals surface area contributed by atoms with E-state index in [-0.39, 0.29) is 5.56 Å². The number of anilines is 1. The van der Waals surface area contributed by atoms with Crippen molar-refractivity contribution in [2.45, 2.75) is 39.3 Å². The molecule has 0 spiro atoms. The van der Waals surface area contributed by atoms with Gasteiger partial charge in [-0.1, -0.05) is 25.8 Å². The molecule has 0 saturated heterocycles. The number of halogens is 3. The minimum absolute atomic E-state index is 0.261. The number of hydrogen-bond acceptors (Lipinski definition) is 1. The highest BCUT2D eigenvalue weighted by atomic mass is 19.4. The lowest BCUT2D eigenvalue weighted by atomic mass is 10.1. The van der Waals surface area contributed by atoms with Crippen LogP contribution in [-0.2, 0) is 6.18 Å². The first-order chi connectivity index (χ1) is 7.95. The standard InChI is InChI=1S/C13H18F3N/c1-3-4-5-8-17-11-7-6-10(2)12(9-11)13(14,15)16/h6-7,9,17H,3-5,8H2,1-2H3. The van der Waals surface area contributed by atoms with E-state index in [1.54, 1.807) is 6.07 Å². The van der Waals surface area contributed by atoms with Crippen LogP contribution in [0.4, 0.5) is 18.9 Å². The highest BCUT2D eigenvalue weighted by Crippen LogP contribution is 2.33. The second-order valence-corrected chi connectivity index (χ2v) is 4.16. The van der Waals surface area contributed by atoms with E-state index < -0.39 is 11.7 Å². The van der Waals surface area contributed by atoms with Crippen molar-refractivity contribution in [2.24, 2.45) is 0 Å². The summed E-state index contributed by atoms with van der Waals surface area (Å²) in [4.78, 5) is 0. The molecular formula is C13H18F3N. The Morgan fingerprint density at radius 1 is 1.18 bits per heavy atom. The molecule has 96 valence electrons. The molecule has 0 aliphatic carbocycles. The van der Waals surface area contributed by atoms with E-state index in [2.05, 4.69) is 12.2 Å². The van der Waals surface area contributed by atoms with E-state index in [4.69, 9.17) is 0 Å². The van der Waals surface area contributed by atoms with Crippen molar-refractivity contribution in [1.29, 1.82) is 0 Å². The summed E-state index contributed by atoms with van der Waals surface area (Å²) < 4.78 is 37.9. The summed E-state index contributed by atoms with van der Waals surface area (Å²) in [7, 11) is 0. The molecule has 0 unspecified atom stereocenters. The van der Waals surface area contributed by atoms with Crippen molar-refractivity contribution >= 4 is 5.69 Å². The molecule has 0 heterocycles. The summed E-state index contributed by atoms with van der Waals surface area (Å²) in [5.74, 6) is 0. The first kappa shape index (κ1) is 13.9. The molecule has 0 atom stereocenters. The van der Waals surface area contributed by atoms with Crippen molar-refractivity contribution in [2.75, 3.05) is 11.9 Å². The molecule has 17 heavy (non-hydrogen) atoms. The quantitative estimate of drug-likeness (QED) is 0.746. The van der Waals surface area contributed by atoms with Crippen LogP contribution in [0.2, 0.25) is 0 Å². The van der Waals surface area contributed by atoms with Crippen molar-refractivity contribution in [3.05, 3.63) is 29.3 Å². The van der Waals surface area contributed by atoms with Crippen LogP contribution in [0.25, 0.3) is 0 Å². The first-order valence-electron chi connectivity index (χ1n) is 5.87. The Bertz CT molecular complexity index is 358. The zero-order valence-electron chi connectivity index (χ0n) is 10.2. The number of unbranched alkanes of at least 4 members (excludes halogenated alkanes) is 2. The number of aryl methyl sites for hydroxylation is 1. The summed E-state index contributed by atoms with van der Waals surface area (Å²) in [5.41, 5.74) is 0.244. The van der Waals surface area contributed by atoms with Crippen molar-refractivity contribution in [3.63, 3.8) is 0 Å². The average molecular weight is 245 g/mol. The van der Waals surface area contributed by atoms with Crippen LogP contribution in [0, 0.1) is 6.92 Å². The molecule has 0 fully saturated rings. The third-order valence-corrected chi connectivity index (χ3v) is 2.65.